The fraction of sp³-hybridized carbons (Fsp3) is 0.0526. The standard InChI is InChI=1S/C19H10BrFN4O2S/c1-9(26)17-16(13-6-11(20)8-23-18(13)27-17)25-19-24-15(14(7-22)28-19)10-2-4-12(21)5-3-10/h2-6,8H,1H3,(H,24,25). The van der Waals surface area contributed by atoms with E-state index < -0.39 is 0 Å². The quantitative estimate of drug-likeness (QED) is 0.397. The highest BCUT2D eigenvalue weighted by atomic mass is 79.9. The zero-order chi connectivity index (χ0) is 19.8. The molecule has 0 aliphatic heterocycles. The van der Waals surface area contributed by atoms with Crippen molar-refractivity contribution in [3.8, 4) is 17.3 Å². The number of anilines is 2. The number of hydrogen-bond donors (Lipinski definition) is 1. The SMILES string of the molecule is CC(=O)c1oc2ncc(Br)cc2c1Nc1nc(-c2ccc(F)cc2)c(C#N)s1. The number of carbonyl (C=O) groups is 1. The van der Waals surface area contributed by atoms with Gasteiger partial charge < -0.3 is 9.73 Å². The Morgan fingerprint density at radius 1 is 1.36 bits per heavy atom. The third-order valence-corrected chi connectivity index (χ3v) is 5.22. The zero-order valence-corrected chi connectivity index (χ0v) is 16.7. The molecule has 0 aliphatic rings. The summed E-state index contributed by atoms with van der Waals surface area (Å²) in [5, 5.41) is 13.6. The van der Waals surface area contributed by atoms with Gasteiger partial charge in [-0.3, -0.25) is 4.79 Å². The molecular formula is C19H10BrFN4O2S. The molecule has 0 unspecified atom stereocenters. The Morgan fingerprint density at radius 3 is 2.79 bits per heavy atom. The van der Waals surface area contributed by atoms with Crippen LogP contribution in [0.2, 0.25) is 0 Å². The van der Waals surface area contributed by atoms with E-state index in [1.165, 1.54) is 19.1 Å². The second-order valence-electron chi connectivity index (χ2n) is 5.81. The van der Waals surface area contributed by atoms with Gasteiger partial charge in [0.15, 0.2) is 16.7 Å². The monoisotopic (exact) mass is 456 g/mol. The van der Waals surface area contributed by atoms with E-state index in [2.05, 4.69) is 37.3 Å². The van der Waals surface area contributed by atoms with Crippen molar-refractivity contribution in [2.75, 3.05) is 5.32 Å². The van der Waals surface area contributed by atoms with Crippen molar-refractivity contribution in [1.82, 2.24) is 9.97 Å². The molecule has 3 heterocycles. The number of thiazole rings is 1. The zero-order valence-electron chi connectivity index (χ0n) is 14.3. The predicted molar refractivity (Wildman–Crippen MR) is 107 cm³/mol. The summed E-state index contributed by atoms with van der Waals surface area (Å²) in [5.41, 5.74) is 1.80. The first kappa shape index (κ1) is 18.3. The molecule has 28 heavy (non-hydrogen) atoms. The lowest BCUT2D eigenvalue weighted by molar-refractivity contribution is 0.0990. The summed E-state index contributed by atoms with van der Waals surface area (Å²) in [5.74, 6) is -0.519. The van der Waals surface area contributed by atoms with Crippen molar-refractivity contribution in [3.63, 3.8) is 0 Å². The molecule has 0 saturated heterocycles. The second kappa shape index (κ2) is 7.14. The minimum absolute atomic E-state index is 0.123. The molecule has 9 heteroatoms. The van der Waals surface area contributed by atoms with Gasteiger partial charge in [0.1, 0.15) is 28.1 Å². The number of nitrogens with one attached hydrogen (secondary N) is 1. The lowest BCUT2D eigenvalue weighted by atomic mass is 10.1. The highest BCUT2D eigenvalue weighted by Crippen LogP contribution is 2.37. The summed E-state index contributed by atoms with van der Waals surface area (Å²) < 4.78 is 19.5. The molecule has 0 atom stereocenters. The van der Waals surface area contributed by atoms with Gasteiger partial charge in [-0.1, -0.05) is 11.3 Å². The van der Waals surface area contributed by atoms with E-state index >= 15 is 0 Å². The summed E-state index contributed by atoms with van der Waals surface area (Å²) in [6, 6.07) is 9.62. The predicted octanol–water partition coefficient (Wildman–Crippen LogP) is 5.67. The fourth-order valence-corrected chi connectivity index (χ4v) is 3.81. The Labute approximate surface area is 170 Å². The van der Waals surface area contributed by atoms with Crippen LogP contribution in [-0.4, -0.2) is 15.8 Å². The van der Waals surface area contributed by atoms with Gasteiger partial charge in [0.25, 0.3) is 0 Å². The number of nitrogens with zero attached hydrogens (tertiary/aromatic N) is 3. The Morgan fingerprint density at radius 2 is 2.11 bits per heavy atom. The molecule has 0 fully saturated rings. The van der Waals surface area contributed by atoms with Crippen LogP contribution in [0.4, 0.5) is 15.2 Å². The molecule has 1 aromatic carbocycles. The normalized spacial score (nSPS) is 10.8. The number of halogens is 2. The molecule has 4 aromatic rings. The number of benzene rings is 1. The van der Waals surface area contributed by atoms with E-state index in [-0.39, 0.29) is 17.4 Å². The molecule has 138 valence electrons. The molecule has 1 N–H and O–H groups in total. The van der Waals surface area contributed by atoms with E-state index in [1.807, 2.05) is 0 Å². The van der Waals surface area contributed by atoms with Gasteiger partial charge in [0.2, 0.25) is 5.71 Å². The number of nitriles is 1. The lowest BCUT2D eigenvalue weighted by Gasteiger charge is -2.02. The molecule has 6 nitrogen and oxygen atoms in total. The van der Waals surface area contributed by atoms with Gasteiger partial charge in [-0.2, -0.15) is 5.26 Å². The van der Waals surface area contributed by atoms with E-state index in [0.29, 0.717) is 38.1 Å². The topological polar surface area (TPSA) is 91.8 Å². The molecule has 0 amide bonds. The van der Waals surface area contributed by atoms with Crippen LogP contribution in [0.1, 0.15) is 22.4 Å². The summed E-state index contributed by atoms with van der Waals surface area (Å²) in [4.78, 5) is 21.0. The maximum atomic E-state index is 13.2. The number of aromatic nitrogens is 2. The first-order valence-corrected chi connectivity index (χ1v) is 9.60. The van der Waals surface area contributed by atoms with Crippen LogP contribution in [0, 0.1) is 17.1 Å². The van der Waals surface area contributed by atoms with E-state index in [9.17, 15) is 14.4 Å². The van der Waals surface area contributed by atoms with Crippen LogP contribution in [0.5, 0.6) is 0 Å². The maximum Gasteiger partial charge on any atom is 0.229 e. The average Bonchev–Trinajstić information content (AvgIpc) is 3.24. The van der Waals surface area contributed by atoms with Crippen molar-refractivity contribution in [1.29, 1.82) is 5.26 Å². The Hall–Kier alpha value is -3.09. The fourth-order valence-electron chi connectivity index (χ4n) is 2.69. The van der Waals surface area contributed by atoms with Crippen molar-refractivity contribution >= 4 is 55.0 Å². The molecule has 0 spiro atoms. The van der Waals surface area contributed by atoms with Crippen LogP contribution in [0.25, 0.3) is 22.4 Å². The van der Waals surface area contributed by atoms with Gasteiger partial charge in [0, 0.05) is 23.2 Å². The van der Waals surface area contributed by atoms with E-state index in [0.717, 1.165) is 15.8 Å². The number of furan rings is 1. The van der Waals surface area contributed by atoms with Crippen molar-refractivity contribution in [2.45, 2.75) is 6.92 Å². The minimum atomic E-state index is -0.370. The molecule has 4 rings (SSSR count). The number of rotatable bonds is 4. The number of hydrogen-bond acceptors (Lipinski definition) is 7. The van der Waals surface area contributed by atoms with Gasteiger partial charge >= 0.3 is 0 Å². The first-order valence-electron chi connectivity index (χ1n) is 7.99. The molecule has 0 radical (unpaired) electrons. The van der Waals surface area contributed by atoms with Crippen LogP contribution < -0.4 is 5.32 Å². The molecule has 3 aromatic heterocycles. The molecule has 0 saturated carbocycles. The molecular weight excluding hydrogens is 447 g/mol. The summed E-state index contributed by atoms with van der Waals surface area (Å²) in [7, 11) is 0. The number of fused-ring (bicyclic) bond motifs is 1. The van der Waals surface area contributed by atoms with Gasteiger partial charge in [-0.25, -0.2) is 14.4 Å². The largest absolute Gasteiger partial charge is 0.432 e. The summed E-state index contributed by atoms with van der Waals surface area (Å²) in [6.45, 7) is 1.39. The third-order valence-electron chi connectivity index (χ3n) is 3.91. The number of ketones is 1. The smallest absolute Gasteiger partial charge is 0.229 e. The van der Waals surface area contributed by atoms with Gasteiger partial charge in [-0.05, 0) is 46.3 Å². The summed E-state index contributed by atoms with van der Waals surface area (Å²) in [6.07, 6.45) is 1.57. The summed E-state index contributed by atoms with van der Waals surface area (Å²) >= 11 is 4.49. The third kappa shape index (κ3) is 3.28. The second-order valence-corrected chi connectivity index (χ2v) is 7.72. The van der Waals surface area contributed by atoms with Crippen molar-refractivity contribution in [3.05, 3.63) is 57.5 Å². The lowest BCUT2D eigenvalue weighted by Crippen LogP contribution is -1.97. The highest BCUT2D eigenvalue weighted by molar-refractivity contribution is 9.10. The van der Waals surface area contributed by atoms with Crippen molar-refractivity contribution < 1.29 is 13.6 Å². The Bertz CT molecular complexity index is 1260. The molecule has 0 bridgehead atoms. The number of Topliss-reactive ketones (excluding diaryl/α,β-unsaturated/α-hetero) is 1. The van der Waals surface area contributed by atoms with E-state index in [1.54, 1.807) is 24.4 Å². The average molecular weight is 457 g/mol. The highest BCUT2D eigenvalue weighted by Gasteiger charge is 2.21. The van der Waals surface area contributed by atoms with Crippen molar-refractivity contribution in [2.24, 2.45) is 0 Å². The Balaban J connectivity index is 1.81. The van der Waals surface area contributed by atoms with Crippen LogP contribution in [0.3, 0.4) is 0 Å². The Kier molecular flexibility index (Phi) is 4.66. The van der Waals surface area contributed by atoms with Crippen LogP contribution >= 0.6 is 27.3 Å². The van der Waals surface area contributed by atoms with E-state index in [4.69, 9.17) is 4.42 Å². The number of pyridine rings is 1. The van der Waals surface area contributed by atoms with Gasteiger partial charge in [-0.15, -0.1) is 0 Å². The van der Waals surface area contributed by atoms with Gasteiger partial charge in [0.05, 0.1) is 5.39 Å². The first-order chi connectivity index (χ1) is 13.5. The molecule has 0 aliphatic carbocycles. The maximum absolute atomic E-state index is 13.2. The van der Waals surface area contributed by atoms with Crippen LogP contribution in [-0.2, 0) is 0 Å². The minimum Gasteiger partial charge on any atom is -0.432 e. The number of carbonyl (C=O) groups excluding carboxylic acids is 1. The van der Waals surface area contributed by atoms with Crippen LogP contribution in [0.15, 0.2) is 45.4 Å².